The Morgan fingerprint density at radius 1 is 1.22 bits per heavy atom. The quantitative estimate of drug-likeness (QED) is 0.782. The van der Waals surface area contributed by atoms with Gasteiger partial charge in [-0.15, -0.1) is 0 Å². The first-order valence-electron chi connectivity index (χ1n) is 7.02. The van der Waals surface area contributed by atoms with E-state index >= 15 is 0 Å². The summed E-state index contributed by atoms with van der Waals surface area (Å²) in [5.41, 5.74) is 0. The van der Waals surface area contributed by atoms with Crippen LogP contribution in [0.4, 0.5) is 0 Å². The van der Waals surface area contributed by atoms with Crippen LogP contribution in [0.15, 0.2) is 0 Å². The van der Waals surface area contributed by atoms with Gasteiger partial charge in [0.05, 0.1) is 5.75 Å². The zero-order valence-electron chi connectivity index (χ0n) is 11.3. The number of nitrogens with zero attached hydrogens (tertiary/aromatic N) is 2. The SMILES string of the molecule is CCN1CCN(S(=O)(=O)CC2CCCNC2)CC1. The van der Waals surface area contributed by atoms with Gasteiger partial charge in [0.1, 0.15) is 0 Å². The minimum atomic E-state index is -3.05. The van der Waals surface area contributed by atoms with E-state index in [9.17, 15) is 8.42 Å². The Bertz CT molecular complexity index is 344. The van der Waals surface area contributed by atoms with Gasteiger partial charge in [-0.25, -0.2) is 8.42 Å². The molecular weight excluding hydrogens is 250 g/mol. The highest BCUT2D eigenvalue weighted by Crippen LogP contribution is 2.16. The van der Waals surface area contributed by atoms with E-state index in [1.807, 2.05) is 0 Å². The summed E-state index contributed by atoms with van der Waals surface area (Å²) in [5, 5.41) is 3.29. The Balaban J connectivity index is 1.86. The molecule has 18 heavy (non-hydrogen) atoms. The molecule has 5 nitrogen and oxygen atoms in total. The third-order valence-electron chi connectivity index (χ3n) is 4.02. The molecule has 0 aromatic carbocycles. The van der Waals surface area contributed by atoms with Crippen LogP contribution in [-0.4, -0.2) is 69.2 Å². The van der Waals surface area contributed by atoms with E-state index in [0.29, 0.717) is 24.8 Å². The molecule has 1 unspecified atom stereocenters. The molecule has 6 heteroatoms. The van der Waals surface area contributed by atoms with Crippen LogP contribution in [0.3, 0.4) is 0 Å². The summed E-state index contributed by atoms with van der Waals surface area (Å²) in [6.45, 7) is 8.10. The number of hydrogen-bond acceptors (Lipinski definition) is 4. The van der Waals surface area contributed by atoms with E-state index in [1.165, 1.54) is 0 Å². The smallest absolute Gasteiger partial charge is 0.214 e. The molecule has 2 aliphatic heterocycles. The molecule has 0 saturated carbocycles. The average molecular weight is 275 g/mol. The molecule has 2 rings (SSSR count). The van der Waals surface area contributed by atoms with Crippen LogP contribution in [0.5, 0.6) is 0 Å². The van der Waals surface area contributed by atoms with Gasteiger partial charge in [0.2, 0.25) is 10.0 Å². The number of piperazine rings is 1. The van der Waals surface area contributed by atoms with Crippen LogP contribution in [0.1, 0.15) is 19.8 Å². The van der Waals surface area contributed by atoms with Gasteiger partial charge in [-0.1, -0.05) is 6.92 Å². The molecule has 0 spiro atoms. The molecule has 0 radical (unpaired) electrons. The third kappa shape index (κ3) is 3.66. The molecule has 2 heterocycles. The molecule has 0 aromatic heterocycles. The minimum absolute atomic E-state index is 0.299. The molecule has 1 atom stereocenters. The Kier molecular flexibility index (Phi) is 5.00. The molecule has 2 aliphatic rings. The van der Waals surface area contributed by atoms with Gasteiger partial charge in [0.25, 0.3) is 0 Å². The van der Waals surface area contributed by atoms with E-state index < -0.39 is 10.0 Å². The van der Waals surface area contributed by atoms with Crippen molar-refractivity contribution in [1.29, 1.82) is 0 Å². The lowest BCUT2D eigenvalue weighted by Gasteiger charge is -2.34. The molecule has 106 valence electrons. The monoisotopic (exact) mass is 275 g/mol. The Labute approximate surface area is 111 Å². The van der Waals surface area contributed by atoms with Gasteiger partial charge in [0, 0.05) is 26.2 Å². The first-order valence-corrected chi connectivity index (χ1v) is 8.63. The first-order chi connectivity index (χ1) is 8.62. The molecule has 0 amide bonds. The summed E-state index contributed by atoms with van der Waals surface area (Å²) in [6, 6.07) is 0. The molecule has 1 N–H and O–H groups in total. The van der Waals surface area contributed by atoms with E-state index in [2.05, 4.69) is 17.1 Å². The van der Waals surface area contributed by atoms with Crippen LogP contribution in [0.25, 0.3) is 0 Å². The predicted molar refractivity (Wildman–Crippen MR) is 73.1 cm³/mol. The average Bonchev–Trinajstić information content (AvgIpc) is 2.39. The van der Waals surface area contributed by atoms with E-state index in [1.54, 1.807) is 4.31 Å². The Morgan fingerprint density at radius 3 is 2.50 bits per heavy atom. The molecule has 0 aliphatic carbocycles. The highest BCUT2D eigenvalue weighted by molar-refractivity contribution is 7.89. The zero-order valence-corrected chi connectivity index (χ0v) is 12.1. The lowest BCUT2D eigenvalue weighted by atomic mass is 10.0. The second-order valence-corrected chi connectivity index (χ2v) is 7.34. The van der Waals surface area contributed by atoms with Crippen LogP contribution in [-0.2, 0) is 10.0 Å². The van der Waals surface area contributed by atoms with Crippen molar-refractivity contribution in [3.05, 3.63) is 0 Å². The van der Waals surface area contributed by atoms with Crippen molar-refractivity contribution in [1.82, 2.24) is 14.5 Å². The fraction of sp³-hybridized carbons (Fsp3) is 1.00. The van der Waals surface area contributed by atoms with E-state index in [4.69, 9.17) is 0 Å². The van der Waals surface area contributed by atoms with E-state index in [-0.39, 0.29) is 0 Å². The van der Waals surface area contributed by atoms with Gasteiger partial charge >= 0.3 is 0 Å². The standard InChI is InChI=1S/C12H25N3O2S/c1-2-14-6-8-15(9-7-14)18(16,17)11-12-4-3-5-13-10-12/h12-13H,2-11H2,1H3. The number of rotatable bonds is 4. The highest BCUT2D eigenvalue weighted by atomic mass is 32.2. The molecular formula is C12H25N3O2S. The van der Waals surface area contributed by atoms with Crippen molar-refractivity contribution in [3.8, 4) is 0 Å². The second-order valence-electron chi connectivity index (χ2n) is 5.32. The molecule has 0 bridgehead atoms. The molecule has 0 aromatic rings. The Morgan fingerprint density at radius 2 is 1.94 bits per heavy atom. The van der Waals surface area contributed by atoms with Gasteiger partial charge in [-0.2, -0.15) is 4.31 Å². The normalized spacial score (nSPS) is 28.4. The summed E-state index contributed by atoms with van der Waals surface area (Å²) in [7, 11) is -3.05. The minimum Gasteiger partial charge on any atom is -0.316 e. The van der Waals surface area contributed by atoms with Crippen molar-refractivity contribution < 1.29 is 8.42 Å². The number of piperidine rings is 1. The van der Waals surface area contributed by atoms with Crippen LogP contribution >= 0.6 is 0 Å². The van der Waals surface area contributed by atoms with Crippen LogP contribution < -0.4 is 5.32 Å². The maximum atomic E-state index is 12.3. The van der Waals surface area contributed by atoms with E-state index in [0.717, 1.165) is 45.6 Å². The van der Waals surface area contributed by atoms with Crippen LogP contribution in [0.2, 0.25) is 0 Å². The summed E-state index contributed by atoms with van der Waals surface area (Å²) in [6.07, 6.45) is 2.14. The Hall–Kier alpha value is -0.170. The lowest BCUT2D eigenvalue weighted by molar-refractivity contribution is 0.195. The van der Waals surface area contributed by atoms with Crippen molar-refractivity contribution in [2.45, 2.75) is 19.8 Å². The number of nitrogens with one attached hydrogen (secondary N) is 1. The highest BCUT2D eigenvalue weighted by Gasteiger charge is 2.29. The van der Waals surface area contributed by atoms with Crippen molar-refractivity contribution in [3.63, 3.8) is 0 Å². The maximum Gasteiger partial charge on any atom is 0.214 e. The third-order valence-corrected chi connectivity index (χ3v) is 6.06. The topological polar surface area (TPSA) is 52.7 Å². The zero-order chi connectivity index (χ0) is 13.0. The fourth-order valence-electron chi connectivity index (χ4n) is 2.79. The van der Waals surface area contributed by atoms with Crippen LogP contribution in [0, 0.1) is 5.92 Å². The van der Waals surface area contributed by atoms with Gasteiger partial charge in [0.15, 0.2) is 0 Å². The predicted octanol–water partition coefficient (Wildman–Crippen LogP) is -0.0467. The number of likely N-dealkylation sites (N-methyl/N-ethyl adjacent to an activating group) is 1. The summed E-state index contributed by atoms with van der Waals surface area (Å²) in [5.74, 6) is 0.625. The number of hydrogen-bond donors (Lipinski definition) is 1. The largest absolute Gasteiger partial charge is 0.316 e. The molecule has 2 saturated heterocycles. The summed E-state index contributed by atoms with van der Waals surface area (Å²) in [4.78, 5) is 2.30. The second kappa shape index (κ2) is 6.32. The summed E-state index contributed by atoms with van der Waals surface area (Å²) >= 11 is 0. The lowest BCUT2D eigenvalue weighted by Crippen LogP contribution is -2.50. The first kappa shape index (κ1) is 14.2. The van der Waals surface area contributed by atoms with Crippen molar-refractivity contribution >= 4 is 10.0 Å². The number of sulfonamides is 1. The van der Waals surface area contributed by atoms with Gasteiger partial charge in [-0.05, 0) is 38.4 Å². The van der Waals surface area contributed by atoms with Crippen molar-refractivity contribution in [2.24, 2.45) is 5.92 Å². The van der Waals surface area contributed by atoms with Gasteiger partial charge < -0.3 is 10.2 Å². The fourth-order valence-corrected chi connectivity index (χ4v) is 4.60. The summed E-state index contributed by atoms with van der Waals surface area (Å²) < 4.78 is 26.3. The van der Waals surface area contributed by atoms with Gasteiger partial charge in [-0.3, -0.25) is 0 Å². The van der Waals surface area contributed by atoms with Crippen molar-refractivity contribution in [2.75, 3.05) is 51.6 Å². The molecule has 2 fully saturated rings. The maximum absolute atomic E-state index is 12.3.